The van der Waals surface area contributed by atoms with Crippen molar-refractivity contribution >= 4 is 5.91 Å². The van der Waals surface area contributed by atoms with Crippen molar-refractivity contribution in [2.24, 2.45) is 5.92 Å². The Morgan fingerprint density at radius 3 is 2.09 bits per heavy atom. The molecule has 1 aromatic heterocycles. The molecule has 4 aromatic rings. The summed E-state index contributed by atoms with van der Waals surface area (Å²) in [6.07, 6.45) is 9.91. The van der Waals surface area contributed by atoms with Crippen molar-refractivity contribution in [3.8, 4) is 0 Å². The molecule has 0 saturated carbocycles. The maximum atomic E-state index is 14.3. The van der Waals surface area contributed by atoms with Gasteiger partial charge in [0.05, 0.1) is 10.8 Å². The predicted octanol–water partition coefficient (Wildman–Crippen LogP) is 6.78. The van der Waals surface area contributed by atoms with Crippen LogP contribution in [0.25, 0.3) is 0 Å². The third kappa shape index (κ3) is 6.21. The van der Waals surface area contributed by atoms with E-state index >= 15 is 0 Å². The number of carbonyl (C=O) groups excluding carboxylic acids is 1. The largest absolute Gasteiger partial charge is 0.348 e. The molecule has 244 valence electrons. The van der Waals surface area contributed by atoms with Gasteiger partial charge in [0.1, 0.15) is 5.54 Å². The molecule has 7 heteroatoms. The lowest BCUT2D eigenvalue weighted by Crippen LogP contribution is -2.50. The van der Waals surface area contributed by atoms with Gasteiger partial charge in [-0.3, -0.25) is 4.79 Å². The Morgan fingerprint density at radius 2 is 1.49 bits per heavy atom. The molecule has 0 bridgehead atoms. The van der Waals surface area contributed by atoms with E-state index in [1.54, 1.807) is 9.70 Å². The summed E-state index contributed by atoms with van der Waals surface area (Å²) < 4.78 is 0. The Bertz CT molecular complexity index is 1700. The molecular formula is C40H48N6O. The number of nitrogens with zero attached hydrogens (tertiary/aromatic N) is 6. The van der Waals surface area contributed by atoms with E-state index in [1.807, 2.05) is 26.2 Å². The first-order valence-corrected chi connectivity index (χ1v) is 17.0. The van der Waals surface area contributed by atoms with Gasteiger partial charge in [-0.25, -0.2) is 0 Å². The van der Waals surface area contributed by atoms with Gasteiger partial charge in [-0.1, -0.05) is 116 Å². The topological polar surface area (TPSA) is 67.2 Å². The van der Waals surface area contributed by atoms with Gasteiger partial charge in [-0.15, -0.1) is 10.2 Å². The van der Waals surface area contributed by atoms with Gasteiger partial charge < -0.3 is 9.80 Å². The quantitative estimate of drug-likeness (QED) is 0.194. The van der Waals surface area contributed by atoms with Gasteiger partial charge in [0.2, 0.25) is 5.91 Å². The van der Waals surface area contributed by atoms with E-state index in [9.17, 15) is 4.79 Å². The molecule has 1 fully saturated rings. The molecule has 1 amide bonds. The number of allylic oxidation sites excluding steroid dienone is 3. The van der Waals surface area contributed by atoms with E-state index in [0.717, 1.165) is 62.3 Å². The highest BCUT2D eigenvalue weighted by atomic mass is 16.2. The minimum Gasteiger partial charge on any atom is -0.348 e. The molecule has 1 aliphatic heterocycles. The Balaban J connectivity index is 1.29. The van der Waals surface area contributed by atoms with Crippen LogP contribution in [0.1, 0.15) is 69.0 Å². The van der Waals surface area contributed by atoms with Gasteiger partial charge in [0.25, 0.3) is 0 Å². The first-order chi connectivity index (χ1) is 22.7. The Kier molecular flexibility index (Phi) is 9.29. The molecule has 47 heavy (non-hydrogen) atoms. The van der Waals surface area contributed by atoms with Crippen LogP contribution in [0.5, 0.6) is 0 Å². The number of likely N-dealkylation sites (tertiary alicyclic amines) is 1. The second kappa shape index (κ2) is 13.4. The van der Waals surface area contributed by atoms with Crippen molar-refractivity contribution in [1.82, 2.24) is 30.0 Å². The zero-order valence-electron chi connectivity index (χ0n) is 28.5. The number of hydrogen-bond acceptors (Lipinski definition) is 5. The molecule has 7 nitrogen and oxygen atoms in total. The summed E-state index contributed by atoms with van der Waals surface area (Å²) in [7, 11) is 3.77. The molecule has 2 aliphatic rings. The van der Waals surface area contributed by atoms with Crippen LogP contribution in [-0.2, 0) is 21.2 Å². The summed E-state index contributed by atoms with van der Waals surface area (Å²) in [5.41, 5.74) is 3.15. The fourth-order valence-electron chi connectivity index (χ4n) is 7.61. The third-order valence-corrected chi connectivity index (χ3v) is 10.5. The van der Waals surface area contributed by atoms with Crippen molar-refractivity contribution in [2.45, 2.75) is 62.8 Å². The molecule has 1 aliphatic carbocycles. The standard InChI is InChI=1S/C40H48N6O/c1-31-16-15-23-35(30-31)40(37(47)44(4)5,34-21-13-8-14-22-34)26-29-45-27-24-39(25-28-45,33-19-11-7-12-20-33)36-41-43-46(42-36)38(2,3)32-17-9-6-10-18-32/h6-23,31H,24-30H2,1-5H3. The minimum atomic E-state index is -0.717. The van der Waals surface area contributed by atoms with Crippen LogP contribution in [0.15, 0.2) is 115 Å². The summed E-state index contributed by atoms with van der Waals surface area (Å²) >= 11 is 0. The highest BCUT2D eigenvalue weighted by Gasteiger charge is 2.47. The number of rotatable bonds is 10. The number of likely N-dealkylation sites (N-methyl/N-ethyl adjacent to an activating group) is 1. The minimum absolute atomic E-state index is 0.148. The summed E-state index contributed by atoms with van der Waals surface area (Å²) in [4.78, 5) is 20.4. The normalized spacial score (nSPS) is 19.5. The molecule has 3 aromatic carbocycles. The molecule has 6 rings (SSSR count). The van der Waals surface area contributed by atoms with Crippen molar-refractivity contribution in [3.63, 3.8) is 0 Å². The highest BCUT2D eigenvalue weighted by molar-refractivity contribution is 5.92. The second-order valence-corrected chi connectivity index (χ2v) is 14.1. The number of benzene rings is 3. The van der Waals surface area contributed by atoms with Gasteiger partial charge >= 0.3 is 0 Å². The summed E-state index contributed by atoms with van der Waals surface area (Å²) in [6.45, 7) is 9.08. The van der Waals surface area contributed by atoms with E-state index < -0.39 is 11.0 Å². The van der Waals surface area contributed by atoms with E-state index in [4.69, 9.17) is 10.2 Å². The Hall–Kier alpha value is -4.36. The molecule has 0 N–H and O–H groups in total. The van der Waals surface area contributed by atoms with Crippen LogP contribution in [0.4, 0.5) is 0 Å². The van der Waals surface area contributed by atoms with Crippen LogP contribution in [-0.4, -0.2) is 69.6 Å². The monoisotopic (exact) mass is 628 g/mol. The zero-order valence-corrected chi connectivity index (χ0v) is 28.5. The molecule has 2 atom stereocenters. The maximum Gasteiger partial charge on any atom is 0.236 e. The molecule has 0 spiro atoms. The molecule has 1 saturated heterocycles. The van der Waals surface area contributed by atoms with Gasteiger partial charge in [-0.05, 0) is 92.6 Å². The summed E-state index contributed by atoms with van der Waals surface area (Å²) in [6, 6.07) is 31.5. The molecule has 0 radical (unpaired) electrons. The van der Waals surface area contributed by atoms with E-state index in [2.05, 4.69) is 128 Å². The highest BCUT2D eigenvalue weighted by Crippen LogP contribution is 2.44. The van der Waals surface area contributed by atoms with Crippen molar-refractivity contribution in [2.75, 3.05) is 33.7 Å². The Morgan fingerprint density at radius 1 is 0.894 bits per heavy atom. The summed E-state index contributed by atoms with van der Waals surface area (Å²) in [5.74, 6) is 1.32. The van der Waals surface area contributed by atoms with E-state index in [0.29, 0.717) is 5.92 Å². The van der Waals surface area contributed by atoms with Gasteiger partial charge in [-0.2, -0.15) is 4.80 Å². The lowest BCUT2D eigenvalue weighted by molar-refractivity contribution is -0.134. The first-order valence-electron chi connectivity index (χ1n) is 17.0. The van der Waals surface area contributed by atoms with Gasteiger partial charge in [0, 0.05) is 14.1 Å². The lowest BCUT2D eigenvalue weighted by atomic mass is 9.66. The van der Waals surface area contributed by atoms with E-state index in [-0.39, 0.29) is 11.3 Å². The van der Waals surface area contributed by atoms with Crippen molar-refractivity contribution in [1.29, 1.82) is 0 Å². The predicted molar refractivity (Wildman–Crippen MR) is 188 cm³/mol. The van der Waals surface area contributed by atoms with Crippen LogP contribution < -0.4 is 0 Å². The zero-order chi connectivity index (χ0) is 33.1. The lowest BCUT2D eigenvalue weighted by Gasteiger charge is -2.43. The number of carbonyl (C=O) groups is 1. The summed E-state index contributed by atoms with van der Waals surface area (Å²) in [5, 5.41) is 14.5. The average molecular weight is 629 g/mol. The fourth-order valence-corrected chi connectivity index (χ4v) is 7.61. The first kappa shape index (κ1) is 32.6. The Labute approximate surface area is 280 Å². The molecule has 2 unspecified atom stereocenters. The second-order valence-electron chi connectivity index (χ2n) is 14.1. The number of amides is 1. The maximum absolute atomic E-state index is 14.3. The van der Waals surface area contributed by atoms with Crippen LogP contribution in [0, 0.1) is 5.92 Å². The average Bonchev–Trinajstić information content (AvgIpc) is 3.62. The number of hydrogen-bond donors (Lipinski definition) is 0. The van der Waals surface area contributed by atoms with E-state index in [1.165, 1.54) is 11.1 Å². The molecule has 2 heterocycles. The van der Waals surface area contributed by atoms with Crippen LogP contribution >= 0.6 is 0 Å². The van der Waals surface area contributed by atoms with Gasteiger partial charge in [0.15, 0.2) is 5.82 Å². The number of aromatic nitrogens is 4. The van der Waals surface area contributed by atoms with Crippen molar-refractivity contribution < 1.29 is 4.79 Å². The van der Waals surface area contributed by atoms with Crippen LogP contribution in [0.2, 0.25) is 0 Å². The molecular weight excluding hydrogens is 580 g/mol. The SMILES string of the molecule is CC1C=CC=C(C(CCN2CCC(c3ccccc3)(c3nnn(C(C)(C)c4ccccc4)n3)CC2)(C(=O)N(C)C)c2ccccc2)C1. The van der Waals surface area contributed by atoms with Crippen molar-refractivity contribution in [3.05, 3.63) is 137 Å². The van der Waals surface area contributed by atoms with Crippen LogP contribution in [0.3, 0.4) is 0 Å². The number of piperidine rings is 1. The fraction of sp³-hybridized carbons (Fsp3) is 0.400. The number of tetrazole rings is 1. The smallest absolute Gasteiger partial charge is 0.236 e. The third-order valence-electron chi connectivity index (χ3n) is 10.5.